The highest BCUT2D eigenvalue weighted by Crippen LogP contribution is 2.12. The smallest absolute Gasteiger partial charge is 0.118 e. The number of rotatable bonds is 4. The van der Waals surface area contributed by atoms with Gasteiger partial charge < -0.3 is 10.5 Å². The number of nitrogens with two attached hydrogens (primary N) is 1. The summed E-state index contributed by atoms with van der Waals surface area (Å²) in [5.41, 5.74) is 6.99. The third-order valence-corrected chi connectivity index (χ3v) is 2.05. The van der Waals surface area contributed by atoms with Crippen molar-refractivity contribution in [3.63, 3.8) is 0 Å². The van der Waals surface area contributed by atoms with Crippen LogP contribution in [0, 0.1) is 0 Å². The maximum absolute atomic E-state index is 5.67. The Hall–Kier alpha value is -0.730. The van der Waals surface area contributed by atoms with Crippen LogP contribution in [0.5, 0.6) is 5.75 Å². The second kappa shape index (κ2) is 6.68. The summed E-state index contributed by atoms with van der Waals surface area (Å²) in [6, 6.07) is 8.41. The molecule has 0 saturated heterocycles. The van der Waals surface area contributed by atoms with Crippen LogP contribution in [-0.2, 0) is 6.42 Å². The number of methoxy groups -OCH3 is 1. The summed E-state index contributed by atoms with van der Waals surface area (Å²) < 4.78 is 5.07. The zero-order valence-corrected chi connectivity index (χ0v) is 9.51. The topological polar surface area (TPSA) is 35.2 Å². The third-order valence-electron chi connectivity index (χ3n) is 2.05. The lowest BCUT2D eigenvalue weighted by Crippen LogP contribution is -2.15. The number of ether oxygens (including phenoxy) is 1. The van der Waals surface area contributed by atoms with E-state index in [0.717, 1.165) is 18.6 Å². The molecule has 0 aliphatic heterocycles. The second-order valence-corrected chi connectivity index (χ2v) is 3.36. The minimum atomic E-state index is 0. The molecule has 0 saturated carbocycles. The summed E-state index contributed by atoms with van der Waals surface area (Å²) in [4.78, 5) is 0. The van der Waals surface area contributed by atoms with Crippen LogP contribution in [-0.4, -0.2) is 13.2 Å². The van der Waals surface area contributed by atoms with Gasteiger partial charge in [0.25, 0.3) is 0 Å². The Morgan fingerprint density at radius 2 is 1.86 bits per heavy atom. The van der Waals surface area contributed by atoms with Gasteiger partial charge in [-0.25, -0.2) is 0 Å². The van der Waals surface area contributed by atoms with Crippen LogP contribution >= 0.6 is 12.4 Å². The van der Waals surface area contributed by atoms with Crippen molar-refractivity contribution in [1.82, 2.24) is 0 Å². The minimum Gasteiger partial charge on any atom is -0.497 e. The Labute approximate surface area is 91.9 Å². The van der Waals surface area contributed by atoms with E-state index in [1.807, 2.05) is 19.1 Å². The molecule has 0 unspecified atom stereocenters. The molecule has 0 spiro atoms. The maximum atomic E-state index is 5.67. The van der Waals surface area contributed by atoms with Crippen molar-refractivity contribution >= 4 is 12.4 Å². The molecule has 1 aromatic carbocycles. The van der Waals surface area contributed by atoms with E-state index in [0.29, 0.717) is 0 Å². The van der Waals surface area contributed by atoms with Crippen LogP contribution in [0.4, 0.5) is 0 Å². The number of hydrogen-bond donors (Lipinski definition) is 1. The van der Waals surface area contributed by atoms with Gasteiger partial charge in [0.1, 0.15) is 5.75 Å². The van der Waals surface area contributed by atoms with Crippen molar-refractivity contribution in [2.75, 3.05) is 7.11 Å². The van der Waals surface area contributed by atoms with Gasteiger partial charge in [-0.1, -0.05) is 12.1 Å². The van der Waals surface area contributed by atoms with Gasteiger partial charge in [-0.05, 0) is 37.5 Å². The highest BCUT2D eigenvalue weighted by molar-refractivity contribution is 5.85. The summed E-state index contributed by atoms with van der Waals surface area (Å²) in [6.45, 7) is 2.03. The van der Waals surface area contributed by atoms with Crippen LogP contribution in [0.15, 0.2) is 24.3 Å². The number of aryl methyl sites for hydroxylation is 1. The van der Waals surface area contributed by atoms with Crippen molar-refractivity contribution in [2.24, 2.45) is 5.73 Å². The molecule has 0 aromatic heterocycles. The van der Waals surface area contributed by atoms with Crippen molar-refractivity contribution in [1.29, 1.82) is 0 Å². The van der Waals surface area contributed by atoms with Gasteiger partial charge in [-0.2, -0.15) is 0 Å². The standard InChI is InChI=1S/C11H17NO.ClH/c1-9(12)3-4-10-5-7-11(13-2)8-6-10;/h5-9H,3-4,12H2,1-2H3;1H/t9-;/m1./s1. The van der Waals surface area contributed by atoms with Gasteiger partial charge in [-0.15, -0.1) is 12.4 Å². The Morgan fingerprint density at radius 3 is 2.29 bits per heavy atom. The van der Waals surface area contributed by atoms with Crippen LogP contribution in [0.1, 0.15) is 18.9 Å². The van der Waals surface area contributed by atoms with Crippen LogP contribution in [0.25, 0.3) is 0 Å². The first kappa shape index (κ1) is 13.3. The van der Waals surface area contributed by atoms with Crippen LogP contribution in [0.2, 0.25) is 0 Å². The Bertz CT molecular complexity index is 246. The van der Waals surface area contributed by atoms with E-state index in [2.05, 4.69) is 12.1 Å². The van der Waals surface area contributed by atoms with Crippen LogP contribution < -0.4 is 10.5 Å². The van der Waals surface area contributed by atoms with Gasteiger partial charge >= 0.3 is 0 Å². The Balaban J connectivity index is 0.00000169. The molecule has 0 aliphatic rings. The fourth-order valence-corrected chi connectivity index (χ4v) is 1.19. The summed E-state index contributed by atoms with van der Waals surface area (Å²) in [7, 11) is 1.68. The van der Waals surface area contributed by atoms with Gasteiger partial charge in [0, 0.05) is 6.04 Å². The lowest BCUT2D eigenvalue weighted by atomic mass is 10.1. The van der Waals surface area contributed by atoms with E-state index in [9.17, 15) is 0 Å². The molecule has 3 heteroatoms. The zero-order chi connectivity index (χ0) is 9.68. The summed E-state index contributed by atoms with van der Waals surface area (Å²) in [5.74, 6) is 0.907. The van der Waals surface area contributed by atoms with Crippen molar-refractivity contribution in [3.05, 3.63) is 29.8 Å². The lowest BCUT2D eigenvalue weighted by Gasteiger charge is -2.05. The molecule has 80 valence electrons. The molecule has 0 fully saturated rings. The molecule has 2 nitrogen and oxygen atoms in total. The molecule has 1 atom stereocenters. The average molecular weight is 216 g/mol. The predicted octanol–water partition coefficient (Wildman–Crippen LogP) is 2.40. The van der Waals surface area contributed by atoms with Crippen molar-refractivity contribution in [3.8, 4) is 5.75 Å². The number of hydrogen-bond acceptors (Lipinski definition) is 2. The van der Waals surface area contributed by atoms with Crippen molar-refractivity contribution in [2.45, 2.75) is 25.8 Å². The van der Waals surface area contributed by atoms with Gasteiger partial charge in [0.2, 0.25) is 0 Å². The Kier molecular flexibility index (Phi) is 6.34. The summed E-state index contributed by atoms with van der Waals surface area (Å²) in [5, 5.41) is 0. The predicted molar refractivity (Wildman–Crippen MR) is 62.2 cm³/mol. The molecular weight excluding hydrogens is 198 g/mol. The lowest BCUT2D eigenvalue weighted by molar-refractivity contribution is 0.414. The van der Waals surface area contributed by atoms with E-state index in [1.165, 1.54) is 5.56 Å². The highest BCUT2D eigenvalue weighted by atomic mass is 35.5. The normalized spacial score (nSPS) is 11.6. The fraction of sp³-hybridized carbons (Fsp3) is 0.455. The monoisotopic (exact) mass is 215 g/mol. The van der Waals surface area contributed by atoms with Crippen LogP contribution in [0.3, 0.4) is 0 Å². The first-order chi connectivity index (χ1) is 6.22. The molecule has 0 bridgehead atoms. The SMILES string of the molecule is COc1ccc(CC[C@@H](C)N)cc1.Cl. The van der Waals surface area contributed by atoms with Gasteiger partial charge in [0.05, 0.1) is 7.11 Å². The quantitative estimate of drug-likeness (QED) is 0.837. The molecule has 0 amide bonds. The third kappa shape index (κ3) is 4.49. The minimum absolute atomic E-state index is 0. The summed E-state index contributed by atoms with van der Waals surface area (Å²) >= 11 is 0. The molecule has 2 N–H and O–H groups in total. The Morgan fingerprint density at radius 1 is 1.29 bits per heavy atom. The molecular formula is C11H18ClNO. The molecule has 14 heavy (non-hydrogen) atoms. The van der Waals surface area contributed by atoms with E-state index < -0.39 is 0 Å². The number of halogens is 1. The van der Waals surface area contributed by atoms with E-state index >= 15 is 0 Å². The largest absolute Gasteiger partial charge is 0.497 e. The van der Waals surface area contributed by atoms with E-state index in [4.69, 9.17) is 10.5 Å². The maximum Gasteiger partial charge on any atom is 0.118 e. The highest BCUT2D eigenvalue weighted by Gasteiger charge is 1.97. The van der Waals surface area contributed by atoms with Gasteiger partial charge in [0.15, 0.2) is 0 Å². The number of benzene rings is 1. The molecule has 1 rings (SSSR count). The molecule has 0 radical (unpaired) electrons. The van der Waals surface area contributed by atoms with Gasteiger partial charge in [-0.3, -0.25) is 0 Å². The van der Waals surface area contributed by atoms with E-state index in [-0.39, 0.29) is 18.4 Å². The first-order valence-corrected chi connectivity index (χ1v) is 4.61. The zero-order valence-electron chi connectivity index (χ0n) is 8.69. The second-order valence-electron chi connectivity index (χ2n) is 3.36. The summed E-state index contributed by atoms with van der Waals surface area (Å²) in [6.07, 6.45) is 2.08. The average Bonchev–Trinajstić information content (AvgIpc) is 2.15. The first-order valence-electron chi connectivity index (χ1n) is 4.61. The molecule has 0 aliphatic carbocycles. The fourth-order valence-electron chi connectivity index (χ4n) is 1.19. The molecule has 0 heterocycles. The van der Waals surface area contributed by atoms with E-state index in [1.54, 1.807) is 7.11 Å². The molecule has 1 aromatic rings. The van der Waals surface area contributed by atoms with Crippen molar-refractivity contribution < 1.29 is 4.74 Å².